The Labute approximate surface area is 228 Å². The number of rotatable bonds is 15. The quantitative estimate of drug-likeness (QED) is 0.0712. The lowest BCUT2D eigenvalue weighted by molar-refractivity contribution is -0.143. The van der Waals surface area contributed by atoms with Crippen LogP contribution in [0.25, 0.3) is 0 Å². The predicted octanol–water partition coefficient (Wildman–Crippen LogP) is 1.94. The molecule has 39 heavy (non-hydrogen) atoms. The smallest absolute Gasteiger partial charge is 0.353 e. The van der Waals surface area contributed by atoms with Crippen LogP contribution in [0.5, 0.6) is 5.75 Å². The highest BCUT2D eigenvalue weighted by atomic mass is 32.1. The van der Waals surface area contributed by atoms with Gasteiger partial charge in [0.05, 0.1) is 6.54 Å². The first-order valence-electron chi connectivity index (χ1n) is 11.8. The zero-order valence-electron chi connectivity index (χ0n) is 21.3. The van der Waals surface area contributed by atoms with Crippen molar-refractivity contribution in [2.45, 2.75) is 38.6 Å². The first-order chi connectivity index (χ1) is 18.4. The molecule has 0 aliphatic carbocycles. The van der Waals surface area contributed by atoms with Crippen LogP contribution in [0.1, 0.15) is 44.9 Å². The number of nitrogens with one attached hydrogen (secondary N) is 2. The number of ether oxygens (including phenoxy) is 1. The number of amidine groups is 1. The Hall–Kier alpha value is -4.52. The van der Waals surface area contributed by atoms with Crippen molar-refractivity contribution in [3.63, 3.8) is 0 Å². The zero-order valence-corrected chi connectivity index (χ0v) is 22.1. The van der Waals surface area contributed by atoms with Gasteiger partial charge in [-0.3, -0.25) is 19.8 Å². The number of nitrogens with two attached hydrogens (primary N) is 1. The normalized spacial score (nSPS) is 11.2. The number of aliphatic carboxylic acids is 2. The fourth-order valence-corrected chi connectivity index (χ4v) is 4.51. The van der Waals surface area contributed by atoms with Gasteiger partial charge in [0.1, 0.15) is 22.5 Å². The van der Waals surface area contributed by atoms with Crippen LogP contribution in [0.3, 0.4) is 0 Å². The molecule has 0 aliphatic heterocycles. The predicted molar refractivity (Wildman–Crippen MR) is 143 cm³/mol. The highest BCUT2D eigenvalue weighted by Crippen LogP contribution is 2.25. The van der Waals surface area contributed by atoms with Gasteiger partial charge in [0, 0.05) is 29.8 Å². The lowest BCUT2D eigenvalue weighted by Crippen LogP contribution is -2.47. The molecule has 0 unspecified atom stereocenters. The molecule has 208 valence electrons. The van der Waals surface area contributed by atoms with E-state index in [0.717, 1.165) is 10.4 Å². The van der Waals surface area contributed by atoms with E-state index in [0.29, 0.717) is 22.6 Å². The topological polar surface area (TPSA) is 200 Å². The highest BCUT2D eigenvalue weighted by molar-refractivity contribution is 7.14. The molecule has 0 saturated carbocycles. The van der Waals surface area contributed by atoms with Crippen molar-refractivity contribution >= 4 is 46.9 Å². The van der Waals surface area contributed by atoms with Gasteiger partial charge in [-0.1, -0.05) is 6.08 Å². The van der Waals surface area contributed by atoms with E-state index in [1.165, 1.54) is 34.4 Å². The number of esters is 1. The molecule has 2 amide bonds. The summed E-state index contributed by atoms with van der Waals surface area (Å²) in [6, 6.07) is 6.46. The number of aryl methyl sites for hydroxylation is 2. The van der Waals surface area contributed by atoms with E-state index in [-0.39, 0.29) is 31.1 Å². The maximum absolute atomic E-state index is 12.8. The number of carboxylic acid groups (broad SMARTS) is 2. The number of hydrogen-bond acceptors (Lipinski definition) is 8. The molecule has 0 saturated heterocycles. The van der Waals surface area contributed by atoms with Crippen LogP contribution in [-0.2, 0) is 25.6 Å². The van der Waals surface area contributed by atoms with Gasteiger partial charge in [0.2, 0.25) is 11.8 Å². The number of nitrogens with zero attached hydrogens (tertiary/aromatic N) is 1. The van der Waals surface area contributed by atoms with Crippen LogP contribution < -0.4 is 15.8 Å². The third-order valence-electron chi connectivity index (χ3n) is 5.48. The molecule has 0 aliphatic rings. The van der Waals surface area contributed by atoms with Crippen molar-refractivity contribution < 1.29 is 38.9 Å². The third-order valence-corrected chi connectivity index (χ3v) is 6.76. The molecule has 2 aromatic rings. The second kappa shape index (κ2) is 14.4. The lowest BCUT2D eigenvalue weighted by Gasteiger charge is -2.22. The fraction of sp³-hybridized carbons (Fsp3) is 0.308. The summed E-state index contributed by atoms with van der Waals surface area (Å²) < 4.78 is 5.38. The number of amides is 2. The van der Waals surface area contributed by atoms with Gasteiger partial charge in [-0.2, -0.15) is 0 Å². The van der Waals surface area contributed by atoms with Gasteiger partial charge in [-0.05, 0) is 55.7 Å². The molecule has 0 spiro atoms. The Bertz CT molecular complexity index is 1260. The standard InChI is InChI=1S/C26H30N4O8S/c1-3-12-30(14-21(31)29-18(25(35)36)8-11-23(33)34)22(32)10-9-19-15(2)13-20(39-19)26(37)38-17-6-4-16(5-7-17)24(27)28/h3-7,13,18H,1,8-12,14H2,2H3,(H3,27,28)(H,29,31)(H,33,34)(H,35,36)/t18-/m0/s1. The van der Waals surface area contributed by atoms with Crippen LogP contribution in [0.2, 0.25) is 0 Å². The van der Waals surface area contributed by atoms with Crippen molar-refractivity contribution in [3.05, 3.63) is 63.9 Å². The molecule has 6 N–H and O–H groups in total. The van der Waals surface area contributed by atoms with Crippen LogP contribution in [0.4, 0.5) is 0 Å². The monoisotopic (exact) mass is 558 g/mol. The maximum Gasteiger partial charge on any atom is 0.353 e. The number of benzene rings is 1. The summed E-state index contributed by atoms with van der Waals surface area (Å²) in [6.45, 7) is 5.00. The Balaban J connectivity index is 1.97. The molecule has 13 heteroatoms. The molecule has 1 aromatic carbocycles. The number of carbonyl (C=O) groups is 5. The van der Waals surface area contributed by atoms with Crippen LogP contribution in [0.15, 0.2) is 43.0 Å². The number of carbonyl (C=O) groups excluding carboxylic acids is 3. The summed E-state index contributed by atoms with van der Waals surface area (Å²) in [5, 5.41) is 27.6. The highest BCUT2D eigenvalue weighted by Gasteiger charge is 2.24. The van der Waals surface area contributed by atoms with Crippen molar-refractivity contribution in [1.82, 2.24) is 10.2 Å². The molecule has 2 rings (SSSR count). The van der Waals surface area contributed by atoms with Gasteiger partial charge in [0.15, 0.2) is 0 Å². The summed E-state index contributed by atoms with van der Waals surface area (Å²) in [6.07, 6.45) is 1.01. The first kappa shape index (κ1) is 30.7. The summed E-state index contributed by atoms with van der Waals surface area (Å²) in [7, 11) is 0. The molecule has 1 heterocycles. The fourth-order valence-electron chi connectivity index (χ4n) is 3.46. The van der Waals surface area contributed by atoms with Gasteiger partial charge >= 0.3 is 17.9 Å². The second-order valence-electron chi connectivity index (χ2n) is 8.50. The average Bonchev–Trinajstić information content (AvgIpc) is 3.25. The van der Waals surface area contributed by atoms with E-state index < -0.39 is 42.8 Å². The van der Waals surface area contributed by atoms with Gasteiger partial charge in [0.25, 0.3) is 0 Å². The molecular weight excluding hydrogens is 528 g/mol. The largest absolute Gasteiger partial charge is 0.481 e. The Kier molecular flexibility index (Phi) is 11.4. The zero-order chi connectivity index (χ0) is 29.1. The van der Waals surface area contributed by atoms with Crippen molar-refractivity contribution in [2.24, 2.45) is 5.73 Å². The maximum atomic E-state index is 12.8. The molecule has 0 bridgehead atoms. The minimum absolute atomic E-state index is 0.0187. The third kappa shape index (κ3) is 9.70. The summed E-state index contributed by atoms with van der Waals surface area (Å²) in [4.78, 5) is 62.2. The second-order valence-corrected chi connectivity index (χ2v) is 9.63. The van der Waals surface area contributed by atoms with Crippen LogP contribution in [-0.4, -0.2) is 69.8 Å². The summed E-state index contributed by atoms with van der Waals surface area (Å²) in [5.41, 5.74) is 6.71. The lowest BCUT2D eigenvalue weighted by atomic mass is 10.1. The van der Waals surface area contributed by atoms with Crippen molar-refractivity contribution in [2.75, 3.05) is 13.1 Å². The average molecular weight is 559 g/mol. The molecule has 0 radical (unpaired) electrons. The van der Waals surface area contributed by atoms with Crippen molar-refractivity contribution in [3.8, 4) is 5.75 Å². The Morgan fingerprint density at radius 3 is 2.41 bits per heavy atom. The molecule has 0 fully saturated rings. The van der Waals surface area contributed by atoms with E-state index in [9.17, 15) is 29.1 Å². The van der Waals surface area contributed by atoms with E-state index in [4.69, 9.17) is 21.0 Å². The number of hydrogen-bond donors (Lipinski definition) is 5. The van der Waals surface area contributed by atoms with Crippen LogP contribution in [0, 0.1) is 12.3 Å². The van der Waals surface area contributed by atoms with E-state index >= 15 is 0 Å². The summed E-state index contributed by atoms with van der Waals surface area (Å²) in [5.74, 6) is -4.07. The number of thiophene rings is 1. The molecular formula is C26H30N4O8S. The van der Waals surface area contributed by atoms with E-state index in [2.05, 4.69) is 11.9 Å². The van der Waals surface area contributed by atoms with E-state index in [1.54, 1.807) is 25.1 Å². The Morgan fingerprint density at radius 2 is 1.85 bits per heavy atom. The summed E-state index contributed by atoms with van der Waals surface area (Å²) >= 11 is 1.18. The van der Waals surface area contributed by atoms with Crippen LogP contribution >= 0.6 is 11.3 Å². The van der Waals surface area contributed by atoms with Gasteiger partial charge in [-0.25, -0.2) is 9.59 Å². The first-order valence-corrected chi connectivity index (χ1v) is 12.6. The molecule has 1 aromatic heterocycles. The van der Waals surface area contributed by atoms with Crippen molar-refractivity contribution in [1.29, 1.82) is 5.41 Å². The number of carboxylic acids is 2. The number of nitrogen functional groups attached to an aromatic ring is 1. The minimum atomic E-state index is -1.40. The van der Waals surface area contributed by atoms with Gasteiger partial charge in [-0.15, -0.1) is 17.9 Å². The Morgan fingerprint density at radius 1 is 1.18 bits per heavy atom. The molecule has 1 atom stereocenters. The minimum Gasteiger partial charge on any atom is -0.481 e. The SMILES string of the molecule is C=CCN(CC(=O)N[C@@H](CCC(=O)O)C(=O)O)C(=O)CCc1sc(C(=O)Oc2ccc(C(=N)N)cc2)cc1C. The van der Waals surface area contributed by atoms with E-state index in [1.807, 2.05) is 0 Å². The molecule has 12 nitrogen and oxygen atoms in total. The van der Waals surface area contributed by atoms with Gasteiger partial charge < -0.3 is 30.9 Å².